The van der Waals surface area contributed by atoms with Crippen molar-refractivity contribution in [2.24, 2.45) is 23.2 Å². The Morgan fingerprint density at radius 2 is 1.42 bits per heavy atom. The summed E-state index contributed by atoms with van der Waals surface area (Å²) in [5.74, 6) is 3.04. The second kappa shape index (κ2) is 8.32. The zero-order chi connectivity index (χ0) is 14.3. The molecule has 0 aromatic carbocycles. The summed E-state index contributed by atoms with van der Waals surface area (Å²) in [5.41, 5.74) is 0.658. The van der Waals surface area contributed by atoms with Crippen LogP contribution in [0.15, 0.2) is 0 Å². The van der Waals surface area contributed by atoms with Crippen molar-refractivity contribution < 1.29 is 0 Å². The van der Waals surface area contributed by atoms with Gasteiger partial charge in [0.05, 0.1) is 0 Å². The summed E-state index contributed by atoms with van der Waals surface area (Å²) >= 11 is 0. The van der Waals surface area contributed by atoms with Crippen molar-refractivity contribution in [1.29, 1.82) is 0 Å². The summed E-state index contributed by atoms with van der Waals surface area (Å²) in [6.07, 6.45) is 14.7. The minimum Gasteiger partial charge on any atom is -0.0651 e. The van der Waals surface area contributed by atoms with Crippen molar-refractivity contribution in [3.05, 3.63) is 0 Å². The van der Waals surface area contributed by atoms with E-state index in [0.717, 1.165) is 17.8 Å². The topological polar surface area (TPSA) is 0 Å². The van der Waals surface area contributed by atoms with E-state index in [-0.39, 0.29) is 0 Å². The van der Waals surface area contributed by atoms with Gasteiger partial charge >= 0.3 is 0 Å². The molecule has 0 aliphatic heterocycles. The van der Waals surface area contributed by atoms with Crippen molar-refractivity contribution in [3.8, 4) is 0 Å². The first kappa shape index (κ1) is 17.1. The molecule has 19 heavy (non-hydrogen) atoms. The van der Waals surface area contributed by atoms with Crippen LogP contribution in [0.4, 0.5) is 0 Å². The highest BCUT2D eigenvalue weighted by Gasteiger charge is 2.25. The third kappa shape index (κ3) is 6.82. The van der Waals surface area contributed by atoms with E-state index in [4.69, 9.17) is 0 Å². The Balaban J connectivity index is 0.000000191. The smallest absolute Gasteiger partial charge is 0.0354 e. The van der Waals surface area contributed by atoms with Crippen LogP contribution in [-0.4, -0.2) is 0 Å². The van der Waals surface area contributed by atoms with Crippen molar-refractivity contribution in [1.82, 2.24) is 0 Å². The molecule has 2 saturated carbocycles. The summed E-state index contributed by atoms with van der Waals surface area (Å²) in [7, 11) is 0. The van der Waals surface area contributed by atoms with Crippen molar-refractivity contribution in [2.75, 3.05) is 0 Å². The molecule has 0 radical (unpaired) electrons. The molecule has 0 aromatic rings. The van der Waals surface area contributed by atoms with Crippen LogP contribution in [0.25, 0.3) is 0 Å². The zero-order valence-corrected chi connectivity index (χ0v) is 14.3. The largest absolute Gasteiger partial charge is 0.0651 e. The van der Waals surface area contributed by atoms with Gasteiger partial charge in [-0.3, -0.25) is 0 Å². The Labute approximate surface area is 122 Å². The van der Waals surface area contributed by atoms with E-state index in [1.807, 2.05) is 0 Å². The molecule has 0 nitrogen and oxygen atoms in total. The minimum atomic E-state index is 0.658. The van der Waals surface area contributed by atoms with Crippen molar-refractivity contribution >= 4 is 0 Å². The normalized spacial score (nSPS) is 24.9. The van der Waals surface area contributed by atoms with E-state index in [2.05, 4.69) is 34.6 Å². The quantitative estimate of drug-likeness (QED) is 0.513. The van der Waals surface area contributed by atoms with Gasteiger partial charge in [0, 0.05) is 0 Å². The Hall–Kier alpha value is 0. The maximum atomic E-state index is 2.40. The van der Waals surface area contributed by atoms with Gasteiger partial charge in [-0.2, -0.15) is 0 Å². The average Bonchev–Trinajstić information content (AvgIpc) is 2.40. The molecule has 2 fully saturated rings. The highest BCUT2D eigenvalue weighted by molar-refractivity contribution is 4.77. The third-order valence-electron chi connectivity index (χ3n) is 5.63. The Bertz CT molecular complexity index is 210. The van der Waals surface area contributed by atoms with Gasteiger partial charge in [-0.15, -0.1) is 0 Å². The molecule has 0 spiro atoms. The summed E-state index contributed by atoms with van der Waals surface area (Å²) in [6, 6.07) is 0. The highest BCUT2D eigenvalue weighted by atomic mass is 14.3. The Kier molecular flexibility index (Phi) is 7.47. The molecule has 0 heteroatoms. The summed E-state index contributed by atoms with van der Waals surface area (Å²) in [4.78, 5) is 0. The zero-order valence-electron chi connectivity index (χ0n) is 14.3. The predicted molar refractivity (Wildman–Crippen MR) is 87.4 cm³/mol. The van der Waals surface area contributed by atoms with Gasteiger partial charge in [0.2, 0.25) is 0 Å². The Morgan fingerprint density at radius 1 is 0.895 bits per heavy atom. The number of rotatable bonds is 2. The number of hydrogen-bond donors (Lipinski definition) is 0. The van der Waals surface area contributed by atoms with Gasteiger partial charge in [-0.25, -0.2) is 0 Å². The number of hydrogen-bond acceptors (Lipinski definition) is 0. The molecule has 0 heterocycles. The lowest BCUT2D eigenvalue weighted by molar-refractivity contribution is 0.188. The monoisotopic (exact) mass is 266 g/mol. The molecule has 0 amide bonds. The second-order valence-electron chi connectivity index (χ2n) is 8.16. The first-order valence-corrected chi connectivity index (χ1v) is 8.94. The molecule has 2 aliphatic carbocycles. The first-order chi connectivity index (χ1) is 8.94. The average molecular weight is 267 g/mol. The fourth-order valence-electron chi connectivity index (χ4n) is 3.67. The molecule has 2 rings (SSSR count). The highest BCUT2D eigenvalue weighted by Crippen LogP contribution is 2.38. The van der Waals surface area contributed by atoms with Gasteiger partial charge in [-0.05, 0) is 48.9 Å². The fraction of sp³-hybridized carbons (Fsp3) is 1.00. The minimum absolute atomic E-state index is 0.658. The lowest BCUT2D eigenvalue weighted by Gasteiger charge is -2.33. The Morgan fingerprint density at radius 3 is 1.79 bits per heavy atom. The van der Waals surface area contributed by atoms with Crippen LogP contribution in [0.3, 0.4) is 0 Å². The van der Waals surface area contributed by atoms with Gasteiger partial charge in [-0.1, -0.05) is 73.1 Å². The van der Waals surface area contributed by atoms with E-state index < -0.39 is 0 Å². The SMILES string of the molecule is CC(C)C1CCCCC1.CCC1CCC(C)(C)CC1. The van der Waals surface area contributed by atoms with Gasteiger partial charge in [0.25, 0.3) is 0 Å². The molecular weight excluding hydrogens is 228 g/mol. The molecule has 2 aliphatic rings. The first-order valence-electron chi connectivity index (χ1n) is 8.94. The van der Waals surface area contributed by atoms with Crippen LogP contribution in [0.5, 0.6) is 0 Å². The predicted octanol–water partition coefficient (Wildman–Crippen LogP) is 6.84. The van der Waals surface area contributed by atoms with Gasteiger partial charge in [0.1, 0.15) is 0 Å². The molecule has 0 N–H and O–H groups in total. The van der Waals surface area contributed by atoms with Gasteiger partial charge < -0.3 is 0 Å². The molecule has 114 valence electrons. The van der Waals surface area contributed by atoms with Crippen LogP contribution in [-0.2, 0) is 0 Å². The lowest BCUT2D eigenvalue weighted by Crippen LogP contribution is -2.20. The van der Waals surface area contributed by atoms with Gasteiger partial charge in [0.15, 0.2) is 0 Å². The molecule has 0 unspecified atom stereocenters. The molecule has 0 saturated heterocycles. The van der Waals surface area contributed by atoms with Crippen molar-refractivity contribution in [3.63, 3.8) is 0 Å². The maximum Gasteiger partial charge on any atom is -0.0354 e. The van der Waals surface area contributed by atoms with Crippen LogP contribution in [0.2, 0.25) is 0 Å². The summed E-state index contributed by atoms with van der Waals surface area (Å²) in [6.45, 7) is 11.8. The maximum absolute atomic E-state index is 2.40. The van der Waals surface area contributed by atoms with E-state index in [0.29, 0.717) is 5.41 Å². The molecular formula is C19H38. The lowest BCUT2D eigenvalue weighted by atomic mass is 9.72. The van der Waals surface area contributed by atoms with E-state index in [9.17, 15) is 0 Å². The van der Waals surface area contributed by atoms with Crippen LogP contribution in [0.1, 0.15) is 98.8 Å². The van der Waals surface area contributed by atoms with Crippen LogP contribution in [0, 0.1) is 23.2 Å². The molecule has 0 atom stereocenters. The second-order valence-corrected chi connectivity index (χ2v) is 8.16. The van der Waals surface area contributed by atoms with E-state index in [1.54, 1.807) is 0 Å². The van der Waals surface area contributed by atoms with E-state index in [1.165, 1.54) is 64.2 Å². The summed E-state index contributed by atoms with van der Waals surface area (Å²) < 4.78 is 0. The molecule has 0 bridgehead atoms. The summed E-state index contributed by atoms with van der Waals surface area (Å²) in [5, 5.41) is 0. The standard InChI is InChI=1S/C10H20.C9H18/c1-4-9-5-7-10(2,3)8-6-9;1-8(2)9-6-4-3-5-7-9/h9H,4-8H2,1-3H3;8-9H,3-7H2,1-2H3. The molecule has 0 aromatic heterocycles. The third-order valence-corrected chi connectivity index (χ3v) is 5.63. The van der Waals surface area contributed by atoms with E-state index >= 15 is 0 Å². The fourth-order valence-corrected chi connectivity index (χ4v) is 3.67. The van der Waals surface area contributed by atoms with Crippen molar-refractivity contribution in [2.45, 2.75) is 98.8 Å². The van der Waals surface area contributed by atoms with Crippen LogP contribution < -0.4 is 0 Å². The van der Waals surface area contributed by atoms with Crippen LogP contribution >= 0.6 is 0 Å².